The number of rotatable bonds is 3. The zero-order valence-electron chi connectivity index (χ0n) is 10.1. The zero-order valence-corrected chi connectivity index (χ0v) is 10.1. The monoisotopic (exact) mass is 236 g/mol. The molecule has 2 N–H and O–H groups in total. The second-order valence-corrected chi connectivity index (χ2v) is 3.85. The van der Waals surface area contributed by atoms with E-state index in [1.165, 1.54) is 0 Å². The second kappa shape index (κ2) is 5.89. The molecule has 0 atom stereocenters. The summed E-state index contributed by atoms with van der Waals surface area (Å²) in [5, 5.41) is 14.4. The van der Waals surface area contributed by atoms with E-state index in [0.29, 0.717) is 11.4 Å². The molecule has 0 aromatic heterocycles. The highest BCUT2D eigenvalue weighted by Gasteiger charge is 2.06. The Kier molecular flexibility index (Phi) is 4.51. The highest BCUT2D eigenvalue weighted by molar-refractivity contribution is 5.99. The van der Waals surface area contributed by atoms with Gasteiger partial charge in [-0.2, -0.15) is 0 Å². The number of hydrogen-bond donors (Lipinski definition) is 2. The molecular formula is C12H16N2O3. The molecule has 0 unspecified atom stereocenters. The molecule has 17 heavy (non-hydrogen) atoms. The van der Waals surface area contributed by atoms with E-state index in [1.807, 2.05) is 0 Å². The van der Waals surface area contributed by atoms with Crippen molar-refractivity contribution in [1.82, 2.24) is 0 Å². The van der Waals surface area contributed by atoms with E-state index in [2.05, 4.69) is 10.5 Å². The van der Waals surface area contributed by atoms with Crippen molar-refractivity contribution in [3.05, 3.63) is 29.8 Å². The number of nitrogens with one attached hydrogen (secondary N) is 1. The van der Waals surface area contributed by atoms with Crippen LogP contribution >= 0.6 is 0 Å². The summed E-state index contributed by atoms with van der Waals surface area (Å²) < 4.78 is 4.95. The highest BCUT2D eigenvalue weighted by Crippen LogP contribution is 2.12. The minimum absolute atomic E-state index is 0.168. The molecule has 0 bridgehead atoms. The van der Waals surface area contributed by atoms with Crippen LogP contribution in [0.15, 0.2) is 29.4 Å². The minimum Gasteiger partial charge on any atom is -0.447 e. The number of benzene rings is 1. The van der Waals surface area contributed by atoms with E-state index >= 15 is 0 Å². The smallest absolute Gasteiger partial charge is 0.411 e. The fourth-order valence-electron chi connectivity index (χ4n) is 1.24. The third-order valence-corrected chi connectivity index (χ3v) is 2.02. The molecular weight excluding hydrogens is 220 g/mol. The molecule has 0 heterocycles. The lowest BCUT2D eigenvalue weighted by molar-refractivity contribution is 0.130. The molecule has 1 amide bonds. The Morgan fingerprint density at radius 2 is 2.18 bits per heavy atom. The first-order valence-electron chi connectivity index (χ1n) is 5.29. The lowest BCUT2D eigenvalue weighted by Crippen LogP contribution is -2.18. The molecule has 1 aromatic rings. The average molecular weight is 236 g/mol. The maximum absolute atomic E-state index is 11.4. The van der Waals surface area contributed by atoms with Gasteiger partial charge in [0.15, 0.2) is 0 Å². The van der Waals surface area contributed by atoms with Crippen molar-refractivity contribution in [2.24, 2.45) is 5.16 Å². The van der Waals surface area contributed by atoms with Crippen molar-refractivity contribution >= 4 is 17.5 Å². The quantitative estimate of drug-likeness (QED) is 0.481. The first-order chi connectivity index (χ1) is 8.02. The molecule has 0 saturated carbocycles. The second-order valence-electron chi connectivity index (χ2n) is 3.85. The fourth-order valence-corrected chi connectivity index (χ4v) is 1.24. The molecule has 0 aliphatic carbocycles. The number of hydrogen-bond acceptors (Lipinski definition) is 4. The summed E-state index contributed by atoms with van der Waals surface area (Å²) in [5.41, 5.74) is 1.80. The molecule has 1 rings (SSSR count). The average Bonchev–Trinajstić information content (AvgIpc) is 2.27. The standard InChI is InChI=1S/C12H16N2O3/c1-8(2)17-12(15)13-11-6-4-5-10(7-11)9(3)14-16/h4-8,16H,1-3H3,(H,13,15). The van der Waals surface area contributed by atoms with Crippen LogP contribution < -0.4 is 5.32 Å². The minimum atomic E-state index is -0.504. The molecule has 0 spiro atoms. The van der Waals surface area contributed by atoms with E-state index in [4.69, 9.17) is 9.94 Å². The molecule has 5 nitrogen and oxygen atoms in total. The van der Waals surface area contributed by atoms with Gasteiger partial charge in [0.1, 0.15) is 0 Å². The molecule has 0 fully saturated rings. The molecule has 5 heteroatoms. The van der Waals surface area contributed by atoms with Gasteiger partial charge in [-0.25, -0.2) is 4.79 Å². The van der Waals surface area contributed by atoms with Gasteiger partial charge in [0.05, 0.1) is 11.8 Å². The summed E-state index contributed by atoms with van der Waals surface area (Å²) in [7, 11) is 0. The first kappa shape index (κ1) is 13.0. The van der Waals surface area contributed by atoms with E-state index < -0.39 is 6.09 Å². The van der Waals surface area contributed by atoms with Gasteiger partial charge < -0.3 is 9.94 Å². The lowest BCUT2D eigenvalue weighted by Gasteiger charge is -2.10. The number of carbonyl (C=O) groups is 1. The Hall–Kier alpha value is -2.04. The Morgan fingerprint density at radius 1 is 1.47 bits per heavy atom. The van der Waals surface area contributed by atoms with Crippen molar-refractivity contribution in [1.29, 1.82) is 0 Å². The van der Waals surface area contributed by atoms with Crippen molar-refractivity contribution < 1.29 is 14.7 Å². The van der Waals surface area contributed by atoms with Crippen LogP contribution in [0.5, 0.6) is 0 Å². The topological polar surface area (TPSA) is 70.9 Å². The maximum atomic E-state index is 11.4. The van der Waals surface area contributed by atoms with Crippen LogP contribution in [0.4, 0.5) is 10.5 Å². The highest BCUT2D eigenvalue weighted by atomic mass is 16.6. The van der Waals surface area contributed by atoms with E-state index in [-0.39, 0.29) is 6.10 Å². The van der Waals surface area contributed by atoms with Crippen LogP contribution in [0.25, 0.3) is 0 Å². The van der Waals surface area contributed by atoms with Gasteiger partial charge in [-0.05, 0) is 32.9 Å². The van der Waals surface area contributed by atoms with Crippen LogP contribution in [-0.2, 0) is 4.74 Å². The van der Waals surface area contributed by atoms with Crippen molar-refractivity contribution in [2.45, 2.75) is 26.9 Å². The predicted octanol–water partition coefficient (Wildman–Crippen LogP) is 2.84. The van der Waals surface area contributed by atoms with Crippen molar-refractivity contribution in [3.8, 4) is 0 Å². The van der Waals surface area contributed by atoms with E-state index in [9.17, 15) is 4.79 Å². The molecule has 0 saturated heterocycles. The number of amides is 1. The van der Waals surface area contributed by atoms with E-state index in [0.717, 1.165) is 5.56 Å². The van der Waals surface area contributed by atoms with Gasteiger partial charge in [0.2, 0.25) is 0 Å². The molecule has 0 aliphatic rings. The summed E-state index contributed by atoms with van der Waals surface area (Å²) in [6, 6.07) is 6.98. The van der Waals surface area contributed by atoms with Gasteiger partial charge in [-0.3, -0.25) is 5.32 Å². The van der Waals surface area contributed by atoms with Crippen LogP contribution in [-0.4, -0.2) is 23.1 Å². The van der Waals surface area contributed by atoms with Gasteiger partial charge in [0, 0.05) is 11.3 Å². The fraction of sp³-hybridized carbons (Fsp3) is 0.333. The van der Waals surface area contributed by atoms with Gasteiger partial charge in [-0.1, -0.05) is 17.3 Å². The summed E-state index contributed by atoms with van der Waals surface area (Å²) >= 11 is 0. The maximum Gasteiger partial charge on any atom is 0.411 e. The van der Waals surface area contributed by atoms with Gasteiger partial charge in [0.25, 0.3) is 0 Å². The summed E-state index contributed by atoms with van der Waals surface area (Å²) in [6.45, 7) is 5.22. The van der Waals surface area contributed by atoms with Crippen molar-refractivity contribution in [2.75, 3.05) is 5.32 Å². The van der Waals surface area contributed by atoms with Gasteiger partial charge in [-0.15, -0.1) is 0 Å². The molecule has 1 aromatic carbocycles. The SMILES string of the molecule is CC(=NO)c1cccc(NC(=O)OC(C)C)c1. The number of ether oxygens (including phenoxy) is 1. The molecule has 0 aliphatic heterocycles. The van der Waals surface area contributed by atoms with E-state index in [1.54, 1.807) is 45.0 Å². The van der Waals surface area contributed by atoms with Crippen LogP contribution in [0, 0.1) is 0 Å². The Balaban J connectivity index is 2.76. The number of oxime groups is 1. The predicted molar refractivity (Wildman–Crippen MR) is 65.7 cm³/mol. The van der Waals surface area contributed by atoms with Crippen LogP contribution in [0.1, 0.15) is 26.3 Å². The largest absolute Gasteiger partial charge is 0.447 e. The zero-order chi connectivity index (χ0) is 12.8. The molecule has 92 valence electrons. The number of carbonyl (C=O) groups excluding carboxylic acids is 1. The summed E-state index contributed by atoms with van der Waals surface area (Å²) in [6.07, 6.45) is -0.672. The Labute approximate surface area is 100 Å². The number of nitrogens with zero attached hydrogens (tertiary/aromatic N) is 1. The number of anilines is 1. The third kappa shape index (κ3) is 4.14. The Morgan fingerprint density at radius 3 is 2.76 bits per heavy atom. The Bertz CT molecular complexity index is 428. The van der Waals surface area contributed by atoms with Crippen molar-refractivity contribution in [3.63, 3.8) is 0 Å². The summed E-state index contributed by atoms with van der Waals surface area (Å²) in [4.78, 5) is 11.4. The third-order valence-electron chi connectivity index (χ3n) is 2.02. The summed E-state index contributed by atoms with van der Waals surface area (Å²) in [5.74, 6) is 0. The normalized spacial score (nSPS) is 11.4. The van der Waals surface area contributed by atoms with Crippen LogP contribution in [0.2, 0.25) is 0 Å². The molecule has 0 radical (unpaired) electrons. The van der Waals surface area contributed by atoms with Gasteiger partial charge >= 0.3 is 6.09 Å². The lowest BCUT2D eigenvalue weighted by atomic mass is 10.1. The van der Waals surface area contributed by atoms with Crippen LogP contribution in [0.3, 0.4) is 0 Å². The first-order valence-corrected chi connectivity index (χ1v) is 5.29.